The van der Waals surface area contributed by atoms with Gasteiger partial charge in [0.1, 0.15) is 6.10 Å². The Bertz CT molecular complexity index is 78.1. The number of ether oxygens (including phenoxy) is 1. The molecule has 1 N–H and O–H groups in total. The van der Waals surface area contributed by atoms with Gasteiger partial charge in [-0.25, -0.2) is 0 Å². The second-order valence-electron chi connectivity index (χ2n) is 2.39. The van der Waals surface area contributed by atoms with Gasteiger partial charge >= 0.3 is 0 Å². The van der Waals surface area contributed by atoms with E-state index in [0.717, 1.165) is 0 Å². The lowest BCUT2D eigenvalue weighted by atomic mass is 10.1. The van der Waals surface area contributed by atoms with Gasteiger partial charge in [0.15, 0.2) is 0 Å². The highest BCUT2D eigenvalue weighted by Crippen LogP contribution is 2.34. The predicted octanol–water partition coefficient (Wildman–Crippen LogP) is 0.156. The lowest BCUT2D eigenvalue weighted by molar-refractivity contribution is 0.238. The van der Waals surface area contributed by atoms with Crippen LogP contribution in [0, 0.1) is 0 Å². The molecule has 0 aromatic rings. The Morgan fingerprint density at radius 3 is 2.14 bits per heavy atom. The third-order valence-corrected chi connectivity index (χ3v) is 1.33. The molecular formula is C5H10O2. The van der Waals surface area contributed by atoms with Crippen molar-refractivity contribution in [3.63, 3.8) is 0 Å². The maximum absolute atomic E-state index is 8.42. The summed E-state index contributed by atoms with van der Waals surface area (Å²) in [4.78, 5) is 0. The first kappa shape index (κ1) is 5.06. The molecule has 0 aromatic heterocycles. The molecule has 1 heterocycles. The SMILES string of the molecule is CC1(C)O[C@H]1CO. The number of hydrogen-bond donors (Lipinski definition) is 1. The van der Waals surface area contributed by atoms with E-state index in [1.54, 1.807) is 0 Å². The Balaban J connectivity index is 2.30. The minimum Gasteiger partial charge on any atom is -0.394 e. The monoisotopic (exact) mass is 102 g/mol. The van der Waals surface area contributed by atoms with Crippen molar-refractivity contribution in [2.75, 3.05) is 6.61 Å². The van der Waals surface area contributed by atoms with Gasteiger partial charge in [0, 0.05) is 0 Å². The smallest absolute Gasteiger partial charge is 0.110 e. The maximum Gasteiger partial charge on any atom is 0.110 e. The Morgan fingerprint density at radius 1 is 1.71 bits per heavy atom. The molecule has 1 aliphatic rings. The summed E-state index contributed by atoms with van der Waals surface area (Å²) in [5, 5.41) is 8.42. The van der Waals surface area contributed by atoms with Crippen LogP contribution in [0.25, 0.3) is 0 Å². The van der Waals surface area contributed by atoms with Crippen LogP contribution in [0.2, 0.25) is 0 Å². The van der Waals surface area contributed by atoms with Gasteiger partial charge in [0.25, 0.3) is 0 Å². The van der Waals surface area contributed by atoms with Crippen molar-refractivity contribution in [1.29, 1.82) is 0 Å². The minimum atomic E-state index is -0.0330. The molecule has 0 amide bonds. The molecule has 1 aliphatic heterocycles. The van der Waals surface area contributed by atoms with Crippen LogP contribution in [0.4, 0.5) is 0 Å². The van der Waals surface area contributed by atoms with Gasteiger partial charge in [-0.15, -0.1) is 0 Å². The summed E-state index contributed by atoms with van der Waals surface area (Å²) in [6.07, 6.45) is 0.104. The van der Waals surface area contributed by atoms with Crippen LogP contribution in [0.3, 0.4) is 0 Å². The zero-order chi connectivity index (χ0) is 5.49. The number of rotatable bonds is 1. The average Bonchev–Trinajstić information content (AvgIpc) is 2.13. The summed E-state index contributed by atoms with van der Waals surface area (Å²) < 4.78 is 5.00. The first-order chi connectivity index (χ1) is 3.17. The zero-order valence-corrected chi connectivity index (χ0v) is 4.64. The number of hydrogen-bond acceptors (Lipinski definition) is 2. The lowest BCUT2D eigenvalue weighted by Crippen LogP contribution is -2.05. The van der Waals surface area contributed by atoms with Crippen molar-refractivity contribution in [2.24, 2.45) is 0 Å². The summed E-state index contributed by atoms with van der Waals surface area (Å²) in [5.41, 5.74) is -0.0330. The van der Waals surface area contributed by atoms with Crippen LogP contribution in [-0.4, -0.2) is 23.4 Å². The fraction of sp³-hybridized carbons (Fsp3) is 1.00. The molecule has 0 radical (unpaired) electrons. The summed E-state index contributed by atoms with van der Waals surface area (Å²) in [7, 11) is 0. The van der Waals surface area contributed by atoms with Crippen LogP contribution < -0.4 is 0 Å². The quantitative estimate of drug-likeness (QED) is 0.478. The normalized spacial score (nSPS) is 35.6. The van der Waals surface area contributed by atoms with Crippen LogP contribution >= 0.6 is 0 Å². The van der Waals surface area contributed by atoms with Crippen LogP contribution in [0.1, 0.15) is 13.8 Å². The second kappa shape index (κ2) is 1.20. The molecular weight excluding hydrogens is 92.1 g/mol. The van der Waals surface area contributed by atoms with Crippen LogP contribution in [-0.2, 0) is 4.74 Å². The maximum atomic E-state index is 8.42. The van der Waals surface area contributed by atoms with E-state index < -0.39 is 0 Å². The fourth-order valence-corrected chi connectivity index (χ4v) is 0.590. The highest BCUT2D eigenvalue weighted by molar-refractivity contribution is 4.93. The molecule has 1 fully saturated rings. The summed E-state index contributed by atoms with van der Waals surface area (Å²) in [5.74, 6) is 0. The first-order valence-corrected chi connectivity index (χ1v) is 2.45. The van der Waals surface area contributed by atoms with Gasteiger partial charge in [-0.1, -0.05) is 0 Å². The third-order valence-electron chi connectivity index (χ3n) is 1.33. The Hall–Kier alpha value is -0.0800. The Morgan fingerprint density at radius 2 is 2.14 bits per heavy atom. The molecule has 0 unspecified atom stereocenters. The molecule has 1 rings (SSSR count). The molecule has 0 aliphatic carbocycles. The molecule has 0 saturated carbocycles. The van der Waals surface area contributed by atoms with E-state index in [0.29, 0.717) is 0 Å². The van der Waals surface area contributed by atoms with Crippen molar-refractivity contribution in [3.8, 4) is 0 Å². The van der Waals surface area contributed by atoms with E-state index in [-0.39, 0.29) is 18.3 Å². The average molecular weight is 102 g/mol. The van der Waals surface area contributed by atoms with E-state index in [9.17, 15) is 0 Å². The summed E-state index contributed by atoms with van der Waals surface area (Å²) >= 11 is 0. The van der Waals surface area contributed by atoms with Crippen molar-refractivity contribution in [2.45, 2.75) is 25.6 Å². The third kappa shape index (κ3) is 0.763. The van der Waals surface area contributed by atoms with Gasteiger partial charge < -0.3 is 9.84 Å². The van der Waals surface area contributed by atoms with Gasteiger partial charge in [-0.2, -0.15) is 0 Å². The molecule has 2 heteroatoms. The van der Waals surface area contributed by atoms with E-state index in [4.69, 9.17) is 9.84 Å². The zero-order valence-electron chi connectivity index (χ0n) is 4.64. The predicted molar refractivity (Wildman–Crippen MR) is 26.0 cm³/mol. The number of aliphatic hydroxyl groups is 1. The van der Waals surface area contributed by atoms with Gasteiger partial charge in [-0.3, -0.25) is 0 Å². The van der Waals surface area contributed by atoms with Crippen LogP contribution in [0.15, 0.2) is 0 Å². The molecule has 0 spiro atoms. The molecule has 2 nitrogen and oxygen atoms in total. The molecule has 1 atom stereocenters. The van der Waals surface area contributed by atoms with Crippen molar-refractivity contribution < 1.29 is 9.84 Å². The second-order valence-corrected chi connectivity index (χ2v) is 2.39. The number of aliphatic hydroxyl groups excluding tert-OH is 1. The lowest BCUT2D eigenvalue weighted by Gasteiger charge is -1.87. The largest absolute Gasteiger partial charge is 0.394 e. The van der Waals surface area contributed by atoms with Crippen molar-refractivity contribution >= 4 is 0 Å². The number of epoxide rings is 1. The molecule has 0 bridgehead atoms. The highest BCUT2D eigenvalue weighted by Gasteiger charge is 2.46. The van der Waals surface area contributed by atoms with Crippen molar-refractivity contribution in [1.82, 2.24) is 0 Å². The van der Waals surface area contributed by atoms with Gasteiger partial charge in [0.2, 0.25) is 0 Å². The Kier molecular flexibility index (Phi) is 0.869. The highest BCUT2D eigenvalue weighted by atomic mass is 16.6. The molecule has 42 valence electrons. The topological polar surface area (TPSA) is 32.8 Å². The van der Waals surface area contributed by atoms with E-state index >= 15 is 0 Å². The molecule has 1 saturated heterocycles. The van der Waals surface area contributed by atoms with Crippen LogP contribution in [0.5, 0.6) is 0 Å². The van der Waals surface area contributed by atoms with Gasteiger partial charge in [-0.05, 0) is 13.8 Å². The molecule has 0 aromatic carbocycles. The summed E-state index contributed by atoms with van der Waals surface area (Å²) in [6, 6.07) is 0. The van der Waals surface area contributed by atoms with E-state index in [1.807, 2.05) is 13.8 Å². The standard InChI is InChI=1S/C5H10O2/c1-5(2)4(3-6)7-5/h4,6H,3H2,1-2H3/t4-/m0/s1. The fourth-order valence-electron chi connectivity index (χ4n) is 0.590. The molecule has 7 heavy (non-hydrogen) atoms. The Labute approximate surface area is 43.1 Å². The van der Waals surface area contributed by atoms with E-state index in [1.165, 1.54) is 0 Å². The van der Waals surface area contributed by atoms with E-state index in [2.05, 4.69) is 0 Å². The first-order valence-electron chi connectivity index (χ1n) is 2.45. The van der Waals surface area contributed by atoms with Crippen molar-refractivity contribution in [3.05, 3.63) is 0 Å². The minimum absolute atomic E-state index is 0.0330. The van der Waals surface area contributed by atoms with Gasteiger partial charge in [0.05, 0.1) is 12.2 Å². The summed E-state index contributed by atoms with van der Waals surface area (Å²) in [6.45, 7) is 4.09.